The van der Waals surface area contributed by atoms with Gasteiger partial charge in [0.2, 0.25) is 0 Å². The first-order valence-electron chi connectivity index (χ1n) is 13.7. The molecule has 41 heavy (non-hydrogen) atoms. The molecule has 196 valence electrons. The molecule has 0 aromatic heterocycles. The lowest BCUT2D eigenvalue weighted by atomic mass is 9.84. The topological polar surface area (TPSA) is 62.2 Å². The van der Waals surface area contributed by atoms with E-state index in [0.29, 0.717) is 11.4 Å². The zero-order valence-electron chi connectivity index (χ0n) is 22.8. The lowest BCUT2D eigenvalue weighted by molar-refractivity contribution is 0.606. The van der Waals surface area contributed by atoms with Gasteiger partial charge in [-0.15, -0.1) is 0 Å². The molecule has 0 radical (unpaired) electrons. The van der Waals surface area contributed by atoms with Gasteiger partial charge in [-0.1, -0.05) is 133 Å². The maximum atomic E-state index is 9.41. The van der Waals surface area contributed by atoms with Crippen LogP contribution in [-0.4, -0.2) is 5.84 Å². The Morgan fingerprint density at radius 3 is 1.80 bits per heavy atom. The molecule has 0 aliphatic rings. The normalized spacial score (nSPS) is 12.9. The monoisotopic (exact) mass is 527 g/mol. The van der Waals surface area contributed by atoms with Gasteiger partial charge in [0.05, 0.1) is 11.6 Å². The zero-order chi connectivity index (χ0) is 28.2. The second-order valence-electron chi connectivity index (χ2n) is 10.3. The van der Waals surface area contributed by atoms with Crippen LogP contribution in [0.5, 0.6) is 0 Å². The summed E-state index contributed by atoms with van der Waals surface area (Å²) in [5.41, 5.74) is 14.0. The van der Waals surface area contributed by atoms with Gasteiger partial charge in [0, 0.05) is 5.56 Å². The van der Waals surface area contributed by atoms with E-state index in [0.717, 1.165) is 49.7 Å². The Morgan fingerprint density at radius 1 is 0.610 bits per heavy atom. The van der Waals surface area contributed by atoms with Crippen molar-refractivity contribution in [2.75, 3.05) is 0 Å². The van der Waals surface area contributed by atoms with Crippen LogP contribution in [0.4, 0.5) is 0 Å². The van der Waals surface area contributed by atoms with E-state index in [9.17, 15) is 5.26 Å². The van der Waals surface area contributed by atoms with Crippen molar-refractivity contribution in [3.05, 3.63) is 168 Å². The molecule has 3 nitrogen and oxygen atoms in total. The molecule has 0 saturated heterocycles. The molecular formula is C38H29N3. The number of nitrogens with zero attached hydrogens (tertiary/aromatic N) is 2. The molecular weight excluding hydrogens is 498 g/mol. The Labute approximate surface area is 240 Å². The number of benzene rings is 6. The summed E-state index contributed by atoms with van der Waals surface area (Å²) in [7, 11) is 0. The zero-order valence-corrected chi connectivity index (χ0v) is 22.8. The summed E-state index contributed by atoms with van der Waals surface area (Å²) >= 11 is 0. The fraction of sp³-hybridized carbons (Fsp3) is 0.0526. The number of rotatable bonds is 6. The molecule has 1 unspecified atom stereocenters. The van der Waals surface area contributed by atoms with Gasteiger partial charge in [0.1, 0.15) is 11.4 Å². The first-order chi connectivity index (χ1) is 20.1. The quantitative estimate of drug-likeness (QED) is 0.174. The van der Waals surface area contributed by atoms with Gasteiger partial charge >= 0.3 is 0 Å². The number of nitriles is 1. The second-order valence-corrected chi connectivity index (χ2v) is 10.3. The third-order valence-electron chi connectivity index (χ3n) is 7.73. The van der Waals surface area contributed by atoms with Crippen molar-refractivity contribution in [3.63, 3.8) is 0 Å². The predicted molar refractivity (Wildman–Crippen MR) is 170 cm³/mol. The number of aliphatic imine (C=N–C) groups is 1. The van der Waals surface area contributed by atoms with Gasteiger partial charge in [0.25, 0.3) is 0 Å². The van der Waals surface area contributed by atoms with E-state index >= 15 is 0 Å². The largest absolute Gasteiger partial charge is 0.383 e. The summed E-state index contributed by atoms with van der Waals surface area (Å²) in [5, 5.41) is 11.7. The third-order valence-corrected chi connectivity index (χ3v) is 7.73. The van der Waals surface area contributed by atoms with E-state index < -0.39 is 5.54 Å². The molecule has 0 fully saturated rings. The highest BCUT2D eigenvalue weighted by molar-refractivity contribution is 6.05. The second kappa shape index (κ2) is 11.0. The smallest absolute Gasteiger partial charge is 0.126 e. The Bertz CT molecular complexity index is 1900. The van der Waals surface area contributed by atoms with E-state index in [1.54, 1.807) is 0 Å². The van der Waals surface area contributed by atoms with Crippen LogP contribution >= 0.6 is 0 Å². The number of amidine groups is 1. The van der Waals surface area contributed by atoms with E-state index in [2.05, 4.69) is 91.9 Å². The Morgan fingerprint density at radius 2 is 1.17 bits per heavy atom. The Kier molecular flexibility index (Phi) is 6.90. The first kappa shape index (κ1) is 25.8. The highest BCUT2D eigenvalue weighted by atomic mass is 14.9. The van der Waals surface area contributed by atoms with E-state index in [-0.39, 0.29) is 0 Å². The number of fused-ring (bicyclic) bond motifs is 1. The number of hydrogen-bond donors (Lipinski definition) is 1. The van der Waals surface area contributed by atoms with E-state index in [1.807, 2.05) is 66.7 Å². The third kappa shape index (κ3) is 5.00. The molecule has 6 aromatic rings. The van der Waals surface area contributed by atoms with Crippen LogP contribution in [0.25, 0.3) is 33.0 Å². The van der Waals surface area contributed by atoms with Gasteiger partial charge < -0.3 is 5.73 Å². The van der Waals surface area contributed by atoms with E-state index in [4.69, 9.17) is 10.7 Å². The molecule has 6 aromatic carbocycles. The predicted octanol–water partition coefficient (Wildman–Crippen LogP) is 8.71. The van der Waals surface area contributed by atoms with Gasteiger partial charge in [0.15, 0.2) is 0 Å². The minimum absolute atomic E-state index is 0.503. The van der Waals surface area contributed by atoms with Crippen molar-refractivity contribution in [1.29, 1.82) is 5.26 Å². The molecule has 6 rings (SSSR count). The maximum absolute atomic E-state index is 9.41. The molecule has 0 bridgehead atoms. The lowest BCUT2D eigenvalue weighted by Crippen LogP contribution is -2.26. The van der Waals surface area contributed by atoms with Crippen LogP contribution in [0.1, 0.15) is 29.2 Å². The minimum atomic E-state index is -0.669. The molecule has 0 amide bonds. The molecule has 3 heteroatoms. The summed E-state index contributed by atoms with van der Waals surface area (Å²) in [6, 6.07) is 51.6. The van der Waals surface area contributed by atoms with Crippen molar-refractivity contribution in [2.45, 2.75) is 12.5 Å². The Balaban J connectivity index is 1.44. The average Bonchev–Trinajstić information content (AvgIpc) is 3.05. The molecule has 0 spiro atoms. The first-order valence-corrected chi connectivity index (χ1v) is 13.7. The Hall–Kier alpha value is -5.46. The summed E-state index contributed by atoms with van der Waals surface area (Å²) in [6.07, 6.45) is 0. The highest BCUT2D eigenvalue weighted by Gasteiger charge is 2.29. The van der Waals surface area contributed by atoms with Crippen LogP contribution in [0.15, 0.2) is 151 Å². The summed E-state index contributed by atoms with van der Waals surface area (Å²) in [5.74, 6) is 0.503. The van der Waals surface area contributed by atoms with Gasteiger partial charge in [-0.05, 0) is 63.2 Å². The summed E-state index contributed by atoms with van der Waals surface area (Å²) < 4.78 is 0. The number of nitrogens with two attached hydrogens (primary N) is 1. The maximum Gasteiger partial charge on any atom is 0.126 e. The summed E-state index contributed by atoms with van der Waals surface area (Å²) in [4.78, 5) is 5.10. The molecule has 0 aliphatic heterocycles. The fourth-order valence-corrected chi connectivity index (χ4v) is 5.51. The molecule has 0 aliphatic carbocycles. The van der Waals surface area contributed by atoms with Crippen molar-refractivity contribution in [2.24, 2.45) is 10.7 Å². The highest BCUT2D eigenvalue weighted by Crippen LogP contribution is 2.38. The van der Waals surface area contributed by atoms with Crippen molar-refractivity contribution in [3.8, 4) is 28.3 Å². The molecule has 0 heterocycles. The fourth-order valence-electron chi connectivity index (χ4n) is 5.51. The molecule has 0 saturated carbocycles. The van der Waals surface area contributed by atoms with Crippen molar-refractivity contribution < 1.29 is 0 Å². The number of hydrogen-bond acceptors (Lipinski definition) is 2. The average molecular weight is 528 g/mol. The van der Waals surface area contributed by atoms with Gasteiger partial charge in [-0.25, -0.2) is 0 Å². The summed E-state index contributed by atoms with van der Waals surface area (Å²) in [6.45, 7) is 2.12. The SMILES string of the molecule is CC(/N=C(\N)c1ccccc1)(c1ccccc1)c1ccc(-c2ccc(-c3cccc(C#N)c3)c3ccccc23)cc1. The standard InChI is InChI=1S/C38H29N3/c1-38(31-15-6-3-7-16-31,41-37(40)29-12-4-2-5-13-29)32-21-19-28(20-22-32)33-23-24-34(36-18-9-8-17-35(33)36)30-14-10-11-27(25-30)26-39/h2-25H,1H3,(H2,40,41). The van der Waals surface area contributed by atoms with Gasteiger partial charge in [-0.3, -0.25) is 4.99 Å². The van der Waals surface area contributed by atoms with Crippen LogP contribution in [-0.2, 0) is 5.54 Å². The van der Waals surface area contributed by atoms with Crippen LogP contribution in [0.2, 0.25) is 0 Å². The lowest BCUT2D eigenvalue weighted by Gasteiger charge is -2.28. The molecule has 1 atom stereocenters. The van der Waals surface area contributed by atoms with Crippen molar-refractivity contribution in [1.82, 2.24) is 0 Å². The van der Waals surface area contributed by atoms with Crippen LogP contribution in [0.3, 0.4) is 0 Å². The van der Waals surface area contributed by atoms with E-state index in [1.165, 1.54) is 0 Å². The van der Waals surface area contributed by atoms with Crippen LogP contribution in [0, 0.1) is 11.3 Å². The van der Waals surface area contributed by atoms with Gasteiger partial charge in [-0.2, -0.15) is 5.26 Å². The minimum Gasteiger partial charge on any atom is -0.383 e. The van der Waals surface area contributed by atoms with Crippen LogP contribution < -0.4 is 5.73 Å². The van der Waals surface area contributed by atoms with Crippen molar-refractivity contribution >= 4 is 16.6 Å². The molecule has 2 N–H and O–H groups in total.